The highest BCUT2D eigenvalue weighted by Crippen LogP contribution is 2.34. The number of amides is 1. The first-order chi connectivity index (χ1) is 19.0. The van der Waals surface area contributed by atoms with Gasteiger partial charge in [0.2, 0.25) is 5.91 Å². The van der Waals surface area contributed by atoms with Crippen LogP contribution in [0.4, 0.5) is 5.69 Å². The Balaban J connectivity index is 1.36. The zero-order valence-electron chi connectivity index (χ0n) is 21.3. The molecule has 39 heavy (non-hydrogen) atoms. The lowest BCUT2D eigenvalue weighted by Gasteiger charge is -2.07. The molecule has 0 atom stereocenters. The molecule has 0 aliphatic heterocycles. The molecule has 0 bridgehead atoms. The normalized spacial score (nSPS) is 11.3. The Kier molecular flexibility index (Phi) is 6.41. The Bertz CT molecular complexity index is 1850. The number of H-pyrrole nitrogens is 2. The number of nitrogens with one attached hydrogen (secondary N) is 3. The smallest absolute Gasteiger partial charge is 0.224 e. The van der Waals surface area contributed by atoms with E-state index in [4.69, 9.17) is 4.98 Å². The number of hydrogen-bond acceptors (Lipinski definition) is 8. The highest BCUT2D eigenvalue weighted by Gasteiger charge is 2.18. The molecule has 0 aliphatic rings. The molecule has 1 amide bonds. The van der Waals surface area contributed by atoms with Gasteiger partial charge in [-0.15, -0.1) is 11.3 Å². The van der Waals surface area contributed by atoms with Gasteiger partial charge in [0, 0.05) is 29.8 Å². The first-order valence-corrected chi connectivity index (χ1v) is 13.4. The molecule has 0 spiro atoms. The van der Waals surface area contributed by atoms with Gasteiger partial charge in [-0.25, -0.2) is 4.98 Å². The lowest BCUT2D eigenvalue weighted by molar-refractivity contribution is -0.116. The average molecular weight is 537 g/mol. The molecule has 6 aromatic rings. The van der Waals surface area contributed by atoms with Crippen LogP contribution in [0.5, 0.6) is 0 Å². The SMILES string of the molecule is CCCCC(=O)Nc1cncc(-c2cc3c(-c4nc5c(-c6ccc(C(C)=O)s6)nccc5[nH]4)n[nH]c3cn2)c1. The van der Waals surface area contributed by atoms with Crippen molar-refractivity contribution in [2.24, 2.45) is 0 Å². The van der Waals surface area contributed by atoms with E-state index in [-0.39, 0.29) is 11.7 Å². The van der Waals surface area contributed by atoms with Crippen molar-refractivity contribution in [1.29, 1.82) is 0 Å². The van der Waals surface area contributed by atoms with Crippen molar-refractivity contribution >= 4 is 50.7 Å². The van der Waals surface area contributed by atoms with Gasteiger partial charge in [-0.3, -0.25) is 29.6 Å². The number of unbranched alkanes of at least 4 members (excludes halogenated alkanes) is 1. The molecule has 0 radical (unpaired) electrons. The van der Waals surface area contributed by atoms with E-state index in [0.29, 0.717) is 45.4 Å². The van der Waals surface area contributed by atoms with Crippen LogP contribution in [0.2, 0.25) is 0 Å². The molecule has 0 aromatic carbocycles. The molecule has 0 saturated carbocycles. The van der Waals surface area contributed by atoms with E-state index in [0.717, 1.165) is 39.7 Å². The highest BCUT2D eigenvalue weighted by molar-refractivity contribution is 7.17. The van der Waals surface area contributed by atoms with Crippen LogP contribution < -0.4 is 5.32 Å². The Hall–Kier alpha value is -4.77. The number of aromatic nitrogens is 7. The van der Waals surface area contributed by atoms with Crippen molar-refractivity contribution in [2.45, 2.75) is 33.1 Å². The fourth-order valence-electron chi connectivity index (χ4n) is 4.35. The van der Waals surface area contributed by atoms with Crippen LogP contribution in [0.15, 0.2) is 55.1 Å². The second kappa shape index (κ2) is 10.2. The molecule has 10 nitrogen and oxygen atoms in total. The van der Waals surface area contributed by atoms with Gasteiger partial charge in [0.05, 0.1) is 44.6 Å². The molecule has 6 aromatic heterocycles. The van der Waals surface area contributed by atoms with Crippen LogP contribution in [0, 0.1) is 0 Å². The minimum absolute atomic E-state index is 0.0214. The molecule has 3 N–H and O–H groups in total. The molecule has 0 fully saturated rings. The number of pyridine rings is 3. The van der Waals surface area contributed by atoms with Gasteiger partial charge < -0.3 is 10.3 Å². The first-order valence-electron chi connectivity index (χ1n) is 12.6. The summed E-state index contributed by atoms with van der Waals surface area (Å²) in [7, 11) is 0. The van der Waals surface area contributed by atoms with Crippen molar-refractivity contribution in [3.05, 3.63) is 60.0 Å². The molecule has 194 valence electrons. The van der Waals surface area contributed by atoms with E-state index in [9.17, 15) is 9.59 Å². The van der Waals surface area contributed by atoms with Gasteiger partial charge in [0.1, 0.15) is 16.9 Å². The van der Waals surface area contributed by atoms with E-state index in [1.165, 1.54) is 11.3 Å². The zero-order chi connectivity index (χ0) is 26.9. The number of aromatic amines is 2. The summed E-state index contributed by atoms with van der Waals surface area (Å²) in [5.74, 6) is 0.573. The van der Waals surface area contributed by atoms with Crippen LogP contribution in [-0.4, -0.2) is 46.8 Å². The number of fused-ring (bicyclic) bond motifs is 2. The van der Waals surface area contributed by atoms with Crippen molar-refractivity contribution in [3.63, 3.8) is 0 Å². The second-order valence-corrected chi connectivity index (χ2v) is 10.2. The molecule has 0 unspecified atom stereocenters. The number of nitrogens with zero attached hydrogens (tertiary/aromatic N) is 5. The number of ketones is 1. The predicted octanol–water partition coefficient (Wildman–Crippen LogP) is 6.02. The summed E-state index contributed by atoms with van der Waals surface area (Å²) in [6, 6.07) is 9.36. The quantitative estimate of drug-likeness (QED) is 0.202. The molecular weight excluding hydrogens is 512 g/mol. The predicted molar refractivity (Wildman–Crippen MR) is 151 cm³/mol. The number of rotatable bonds is 8. The van der Waals surface area contributed by atoms with E-state index < -0.39 is 0 Å². The van der Waals surface area contributed by atoms with Crippen molar-refractivity contribution in [1.82, 2.24) is 35.1 Å². The second-order valence-electron chi connectivity index (χ2n) is 9.16. The van der Waals surface area contributed by atoms with Crippen LogP contribution in [0.1, 0.15) is 42.8 Å². The van der Waals surface area contributed by atoms with Crippen LogP contribution >= 0.6 is 11.3 Å². The van der Waals surface area contributed by atoms with E-state index >= 15 is 0 Å². The summed E-state index contributed by atoms with van der Waals surface area (Å²) in [4.78, 5) is 47.2. The summed E-state index contributed by atoms with van der Waals surface area (Å²) in [6.45, 7) is 3.61. The molecule has 11 heteroatoms. The topological polar surface area (TPSA) is 142 Å². The maximum absolute atomic E-state index is 12.2. The molecule has 6 rings (SSSR count). The molecule has 0 aliphatic carbocycles. The zero-order valence-corrected chi connectivity index (χ0v) is 22.1. The lowest BCUT2D eigenvalue weighted by Crippen LogP contribution is -2.11. The van der Waals surface area contributed by atoms with Crippen molar-refractivity contribution in [2.75, 3.05) is 5.32 Å². The van der Waals surface area contributed by atoms with Gasteiger partial charge in [0.25, 0.3) is 0 Å². The maximum atomic E-state index is 12.2. The summed E-state index contributed by atoms with van der Waals surface area (Å²) >= 11 is 1.40. The van der Waals surface area contributed by atoms with E-state index in [2.05, 4.69) is 42.4 Å². The first kappa shape index (κ1) is 24.6. The average Bonchev–Trinajstić information content (AvgIpc) is 3.69. The molecular formula is C28H24N8O2S. The Morgan fingerprint density at radius 1 is 1.03 bits per heavy atom. The van der Waals surface area contributed by atoms with Gasteiger partial charge >= 0.3 is 0 Å². The van der Waals surface area contributed by atoms with Crippen LogP contribution in [-0.2, 0) is 4.79 Å². The number of carbonyl (C=O) groups is 2. The lowest BCUT2D eigenvalue weighted by atomic mass is 10.1. The Morgan fingerprint density at radius 2 is 1.92 bits per heavy atom. The fraction of sp³-hybridized carbons (Fsp3) is 0.179. The largest absolute Gasteiger partial charge is 0.336 e. The number of carbonyl (C=O) groups excluding carboxylic acids is 2. The summed E-state index contributed by atoms with van der Waals surface area (Å²) in [5, 5.41) is 11.3. The Morgan fingerprint density at radius 3 is 2.74 bits per heavy atom. The summed E-state index contributed by atoms with van der Waals surface area (Å²) in [5.41, 5.74) is 5.71. The van der Waals surface area contributed by atoms with Crippen LogP contribution in [0.3, 0.4) is 0 Å². The standard InChI is InChI=1S/C28H24N8O2S/c1-3-4-5-24(38)32-17-10-16(12-29-13-17)20-11-18-21(14-31-20)35-36-25(18)28-33-19-8-9-30-27(26(19)34-28)23-7-6-22(39-23)15(2)37/h6-14H,3-5H2,1-2H3,(H,32,38)(H,33,34)(H,35,36). The van der Waals surface area contributed by atoms with Gasteiger partial charge in [0.15, 0.2) is 11.6 Å². The number of thiophene rings is 1. The van der Waals surface area contributed by atoms with Gasteiger partial charge in [-0.2, -0.15) is 5.10 Å². The monoisotopic (exact) mass is 536 g/mol. The van der Waals surface area contributed by atoms with Gasteiger partial charge in [-0.1, -0.05) is 13.3 Å². The third-order valence-corrected chi connectivity index (χ3v) is 7.53. The summed E-state index contributed by atoms with van der Waals surface area (Å²) < 4.78 is 0. The number of Topliss-reactive ketones (excluding diaryl/α,β-unsaturated/α-hetero) is 1. The van der Waals surface area contributed by atoms with Crippen molar-refractivity contribution in [3.8, 4) is 33.3 Å². The molecule has 6 heterocycles. The van der Waals surface area contributed by atoms with Gasteiger partial charge in [-0.05, 0) is 43.7 Å². The number of anilines is 1. The highest BCUT2D eigenvalue weighted by atomic mass is 32.1. The third-order valence-electron chi connectivity index (χ3n) is 6.33. The number of hydrogen-bond donors (Lipinski definition) is 3. The minimum Gasteiger partial charge on any atom is -0.336 e. The third kappa shape index (κ3) is 4.79. The van der Waals surface area contributed by atoms with E-state index in [1.807, 2.05) is 30.3 Å². The number of imidazole rings is 1. The van der Waals surface area contributed by atoms with Crippen molar-refractivity contribution < 1.29 is 9.59 Å². The van der Waals surface area contributed by atoms with E-state index in [1.54, 1.807) is 31.7 Å². The fourth-order valence-corrected chi connectivity index (χ4v) is 5.25. The summed E-state index contributed by atoms with van der Waals surface area (Å²) in [6.07, 6.45) is 9.06. The minimum atomic E-state index is -0.0323. The maximum Gasteiger partial charge on any atom is 0.224 e. The van der Waals surface area contributed by atoms with Crippen LogP contribution in [0.25, 0.3) is 55.3 Å². The Labute approximate surface area is 227 Å². The molecule has 0 saturated heterocycles.